The van der Waals surface area contributed by atoms with E-state index < -0.39 is 6.17 Å². The molecule has 0 aromatic heterocycles. The molecule has 1 saturated heterocycles. The highest BCUT2D eigenvalue weighted by Crippen LogP contribution is 2.36. The number of hydrazone groups is 1. The second-order valence-electron chi connectivity index (χ2n) is 5.28. The summed E-state index contributed by atoms with van der Waals surface area (Å²) in [6.45, 7) is 10.1. The zero-order chi connectivity index (χ0) is 13.1. The Bertz CT molecular complexity index is 360. The van der Waals surface area contributed by atoms with Crippen molar-refractivity contribution >= 4 is 12.6 Å². The third kappa shape index (κ3) is 2.98. The van der Waals surface area contributed by atoms with Crippen molar-refractivity contribution in [2.24, 2.45) is 16.0 Å². The zero-order valence-corrected chi connectivity index (χ0v) is 11.1. The summed E-state index contributed by atoms with van der Waals surface area (Å²) in [6, 6.07) is 0.203. The van der Waals surface area contributed by atoms with Gasteiger partial charge in [-0.05, 0) is 37.5 Å². The third-order valence-corrected chi connectivity index (χ3v) is 3.69. The fourth-order valence-electron chi connectivity index (χ4n) is 2.50. The van der Waals surface area contributed by atoms with Gasteiger partial charge < -0.3 is 0 Å². The molecule has 2 rings (SSSR count). The normalized spacial score (nSPS) is 28.6. The Hall–Kier alpha value is -1.19. The molecule has 4 heteroatoms. The molecule has 0 radical (unpaired) electrons. The van der Waals surface area contributed by atoms with Crippen molar-refractivity contribution in [2.45, 2.75) is 51.2 Å². The monoisotopic (exact) mass is 251 g/mol. The van der Waals surface area contributed by atoms with Crippen LogP contribution in [-0.4, -0.2) is 36.3 Å². The number of hydrogen-bond acceptors (Lipinski definition) is 2. The van der Waals surface area contributed by atoms with Crippen LogP contribution >= 0.6 is 0 Å². The molecule has 0 N–H and O–H groups in total. The first kappa shape index (κ1) is 13.2. The van der Waals surface area contributed by atoms with Crippen LogP contribution in [0.2, 0.25) is 0 Å². The Balaban J connectivity index is 2.07. The Labute approximate surface area is 108 Å². The molecular weight excluding hydrogens is 229 g/mol. The van der Waals surface area contributed by atoms with Crippen LogP contribution in [0.25, 0.3) is 0 Å². The number of alkyl halides is 1. The Morgan fingerprint density at radius 1 is 1.44 bits per heavy atom. The molecule has 3 nitrogen and oxygen atoms in total. The van der Waals surface area contributed by atoms with Gasteiger partial charge in [-0.1, -0.05) is 19.9 Å². The first-order valence-electron chi connectivity index (χ1n) is 6.80. The molecule has 1 aliphatic carbocycles. The van der Waals surface area contributed by atoms with Crippen molar-refractivity contribution in [1.29, 1.82) is 0 Å². The minimum atomic E-state index is -0.773. The maximum atomic E-state index is 13.5. The summed E-state index contributed by atoms with van der Waals surface area (Å²) in [5.41, 5.74) is 0.961. The van der Waals surface area contributed by atoms with Crippen molar-refractivity contribution < 1.29 is 4.39 Å². The summed E-state index contributed by atoms with van der Waals surface area (Å²) in [7, 11) is 0. The molecule has 0 aromatic carbocycles. The quantitative estimate of drug-likeness (QED) is 0.545. The van der Waals surface area contributed by atoms with Gasteiger partial charge in [-0.3, -0.25) is 5.01 Å². The second kappa shape index (κ2) is 5.63. The fourth-order valence-corrected chi connectivity index (χ4v) is 2.50. The number of amidine groups is 1. The molecule has 2 aliphatic rings. The smallest absolute Gasteiger partial charge is 0.174 e. The van der Waals surface area contributed by atoms with Crippen LogP contribution in [0.5, 0.6) is 0 Å². The average Bonchev–Trinajstić information content (AvgIpc) is 3.12. The van der Waals surface area contributed by atoms with Gasteiger partial charge in [-0.25, -0.2) is 9.38 Å². The molecule has 18 heavy (non-hydrogen) atoms. The molecule has 0 amide bonds. The summed E-state index contributed by atoms with van der Waals surface area (Å²) in [5, 5.41) is 6.34. The van der Waals surface area contributed by atoms with Gasteiger partial charge >= 0.3 is 0 Å². The standard InChI is InChI=1S/C14H22FN3/c1-4-5-13-8-12(15)9-18(13)17-14(16-3)10(2)11-6-7-11/h11-13H,2-9H2,1H3/b17-14-. The summed E-state index contributed by atoms with van der Waals surface area (Å²) < 4.78 is 13.5. The van der Waals surface area contributed by atoms with Gasteiger partial charge in [0.05, 0.1) is 12.6 Å². The number of hydrogen-bond donors (Lipinski definition) is 0. The van der Waals surface area contributed by atoms with Crippen LogP contribution in [0.15, 0.2) is 22.2 Å². The van der Waals surface area contributed by atoms with E-state index in [9.17, 15) is 4.39 Å². The van der Waals surface area contributed by atoms with E-state index in [2.05, 4.69) is 30.3 Å². The Morgan fingerprint density at radius 2 is 2.17 bits per heavy atom. The van der Waals surface area contributed by atoms with E-state index in [0.717, 1.165) is 31.3 Å². The van der Waals surface area contributed by atoms with E-state index in [1.807, 2.05) is 5.01 Å². The average molecular weight is 251 g/mol. The van der Waals surface area contributed by atoms with Crippen molar-refractivity contribution in [3.8, 4) is 0 Å². The minimum Gasteiger partial charge on any atom is -0.289 e. The number of nitrogens with zero attached hydrogens (tertiary/aromatic N) is 3. The largest absolute Gasteiger partial charge is 0.289 e. The van der Waals surface area contributed by atoms with Gasteiger partial charge in [0.15, 0.2) is 5.84 Å². The van der Waals surface area contributed by atoms with E-state index in [4.69, 9.17) is 0 Å². The number of halogens is 1. The maximum Gasteiger partial charge on any atom is 0.174 e. The van der Waals surface area contributed by atoms with Gasteiger partial charge in [-0.2, -0.15) is 5.10 Å². The molecule has 2 fully saturated rings. The van der Waals surface area contributed by atoms with Crippen molar-refractivity contribution in [3.63, 3.8) is 0 Å². The minimum absolute atomic E-state index is 0.203. The fraction of sp³-hybridized carbons (Fsp3) is 0.714. The first-order chi connectivity index (χ1) is 8.65. The van der Waals surface area contributed by atoms with Gasteiger partial charge in [0, 0.05) is 6.42 Å². The third-order valence-electron chi connectivity index (χ3n) is 3.69. The molecule has 1 aliphatic heterocycles. The summed E-state index contributed by atoms with van der Waals surface area (Å²) in [5.74, 6) is 1.12. The molecule has 100 valence electrons. The second-order valence-corrected chi connectivity index (χ2v) is 5.28. The molecule has 2 atom stereocenters. The Morgan fingerprint density at radius 3 is 2.72 bits per heavy atom. The highest BCUT2D eigenvalue weighted by molar-refractivity contribution is 6.01. The van der Waals surface area contributed by atoms with Crippen molar-refractivity contribution in [2.75, 3.05) is 6.54 Å². The first-order valence-corrected chi connectivity index (χ1v) is 6.80. The van der Waals surface area contributed by atoms with Crippen LogP contribution in [0.3, 0.4) is 0 Å². The summed E-state index contributed by atoms with van der Waals surface area (Å²) in [6.07, 6.45) is 4.16. The predicted molar refractivity (Wildman–Crippen MR) is 73.8 cm³/mol. The van der Waals surface area contributed by atoms with Crippen LogP contribution in [0, 0.1) is 5.92 Å². The molecule has 0 spiro atoms. The van der Waals surface area contributed by atoms with E-state index in [1.165, 1.54) is 0 Å². The topological polar surface area (TPSA) is 28.0 Å². The number of aliphatic imine (C=N–C) groups is 1. The molecular formula is C14H22FN3. The summed E-state index contributed by atoms with van der Waals surface area (Å²) in [4.78, 5) is 3.97. The SMILES string of the molecule is C=N/C(=N\N1CC(F)CC1CCC)C(=C)C1CC1. The van der Waals surface area contributed by atoms with Gasteiger partial charge in [-0.15, -0.1) is 0 Å². The highest BCUT2D eigenvalue weighted by Gasteiger charge is 2.32. The Kier molecular flexibility index (Phi) is 4.15. The maximum absolute atomic E-state index is 13.5. The lowest BCUT2D eigenvalue weighted by atomic mass is 10.1. The van der Waals surface area contributed by atoms with Gasteiger partial charge in [0.1, 0.15) is 6.17 Å². The van der Waals surface area contributed by atoms with Crippen LogP contribution in [-0.2, 0) is 0 Å². The van der Waals surface area contributed by atoms with Gasteiger partial charge in [0.2, 0.25) is 0 Å². The van der Waals surface area contributed by atoms with E-state index in [-0.39, 0.29) is 6.04 Å². The molecule has 1 saturated carbocycles. The molecule has 0 bridgehead atoms. The van der Waals surface area contributed by atoms with Gasteiger partial charge in [0.25, 0.3) is 0 Å². The lowest BCUT2D eigenvalue weighted by Gasteiger charge is -2.21. The van der Waals surface area contributed by atoms with Crippen LogP contribution in [0.4, 0.5) is 4.39 Å². The van der Waals surface area contributed by atoms with Crippen molar-refractivity contribution in [1.82, 2.24) is 5.01 Å². The molecule has 2 unspecified atom stereocenters. The predicted octanol–water partition coefficient (Wildman–Crippen LogP) is 3.18. The lowest BCUT2D eigenvalue weighted by Crippen LogP contribution is -2.26. The zero-order valence-electron chi connectivity index (χ0n) is 11.1. The summed E-state index contributed by atoms with van der Waals surface area (Å²) >= 11 is 0. The van der Waals surface area contributed by atoms with Crippen molar-refractivity contribution in [3.05, 3.63) is 12.2 Å². The molecule has 0 aromatic rings. The number of rotatable bonds is 5. The van der Waals surface area contributed by atoms with E-state index >= 15 is 0 Å². The highest BCUT2D eigenvalue weighted by atomic mass is 19.1. The van der Waals surface area contributed by atoms with Crippen LogP contribution in [0.1, 0.15) is 39.0 Å². The molecule has 1 heterocycles. The lowest BCUT2D eigenvalue weighted by molar-refractivity contribution is 0.244. The van der Waals surface area contributed by atoms with E-state index in [0.29, 0.717) is 24.7 Å². The van der Waals surface area contributed by atoms with Crippen LogP contribution < -0.4 is 0 Å². The van der Waals surface area contributed by atoms with E-state index in [1.54, 1.807) is 0 Å².